The number of Topliss-reactive ketones (excluding diaryl/α,β-unsaturated/α-hetero) is 1. The molecule has 0 radical (unpaired) electrons. The Morgan fingerprint density at radius 1 is 1.03 bits per heavy atom. The summed E-state index contributed by atoms with van der Waals surface area (Å²) in [5.74, 6) is 2.55. The highest BCUT2D eigenvalue weighted by Gasteiger charge is 2.66. The third-order valence-corrected chi connectivity index (χ3v) is 11.5. The summed E-state index contributed by atoms with van der Waals surface area (Å²) < 4.78 is 5.59. The fourth-order valence-corrected chi connectivity index (χ4v) is 9.54. The van der Waals surface area contributed by atoms with Crippen LogP contribution in [-0.4, -0.2) is 24.1 Å². The van der Waals surface area contributed by atoms with Gasteiger partial charge in [0.1, 0.15) is 0 Å². The molecule has 4 fully saturated rings. The van der Waals surface area contributed by atoms with Gasteiger partial charge >= 0.3 is 5.97 Å². The summed E-state index contributed by atoms with van der Waals surface area (Å²) in [6, 6.07) is 0. The largest absolute Gasteiger partial charge is 0.457 e. The fourth-order valence-electron chi connectivity index (χ4n) is 9.54. The Bertz CT molecular complexity index is 882. The number of ketones is 2. The lowest BCUT2D eigenvalue weighted by atomic mass is 9.42. The third kappa shape index (κ3) is 3.40. The number of carbonyl (C=O) groups is 3. The molecule has 5 aliphatic rings. The zero-order chi connectivity index (χ0) is 23.6. The van der Waals surface area contributed by atoms with E-state index in [0.29, 0.717) is 35.9 Å². The van der Waals surface area contributed by atoms with Crippen LogP contribution in [0.3, 0.4) is 0 Å². The average molecular weight is 455 g/mol. The van der Waals surface area contributed by atoms with Crippen LogP contribution in [0.1, 0.15) is 98.3 Å². The van der Waals surface area contributed by atoms with Gasteiger partial charge in [0.25, 0.3) is 0 Å². The molecule has 0 amide bonds. The van der Waals surface area contributed by atoms with E-state index in [1.54, 1.807) is 0 Å². The van der Waals surface area contributed by atoms with Crippen LogP contribution in [0, 0.1) is 45.8 Å². The maximum atomic E-state index is 13.6. The van der Waals surface area contributed by atoms with Crippen molar-refractivity contribution in [3.05, 3.63) is 11.6 Å². The second-order valence-corrected chi connectivity index (χ2v) is 12.9. The summed E-state index contributed by atoms with van der Waals surface area (Å²) in [6.45, 7) is 9.30. The average Bonchev–Trinajstić information content (AvgIpc) is 3.39. The normalized spacial score (nSPS) is 45.1. The Hall–Kier alpha value is -1.45. The van der Waals surface area contributed by atoms with Gasteiger partial charge in [0.05, 0.1) is 5.92 Å². The molecule has 33 heavy (non-hydrogen) atoms. The minimum absolute atomic E-state index is 0.000545. The van der Waals surface area contributed by atoms with E-state index in [9.17, 15) is 14.4 Å². The van der Waals surface area contributed by atoms with E-state index >= 15 is 0 Å². The van der Waals surface area contributed by atoms with Gasteiger partial charge in [-0.2, -0.15) is 0 Å². The number of carbonyl (C=O) groups excluding carboxylic acids is 3. The van der Waals surface area contributed by atoms with Crippen LogP contribution < -0.4 is 0 Å². The molecule has 5 aliphatic carbocycles. The molecule has 4 heteroatoms. The molecule has 4 nitrogen and oxygen atoms in total. The van der Waals surface area contributed by atoms with E-state index in [4.69, 9.17) is 4.74 Å². The van der Waals surface area contributed by atoms with Crippen molar-refractivity contribution < 1.29 is 19.1 Å². The van der Waals surface area contributed by atoms with Crippen molar-refractivity contribution in [2.75, 3.05) is 6.61 Å². The summed E-state index contributed by atoms with van der Waals surface area (Å²) in [4.78, 5) is 38.2. The fraction of sp³-hybridized carbons (Fsp3) is 0.828. The van der Waals surface area contributed by atoms with E-state index in [-0.39, 0.29) is 35.1 Å². The Kier molecular flexibility index (Phi) is 5.69. The number of ether oxygens (including phenoxy) is 1. The first-order chi connectivity index (χ1) is 15.6. The van der Waals surface area contributed by atoms with Crippen molar-refractivity contribution in [3.8, 4) is 0 Å². The molecule has 7 unspecified atom stereocenters. The van der Waals surface area contributed by atoms with Gasteiger partial charge < -0.3 is 4.74 Å². The summed E-state index contributed by atoms with van der Waals surface area (Å²) >= 11 is 0. The van der Waals surface area contributed by atoms with Gasteiger partial charge in [-0.15, -0.1) is 0 Å². The lowest BCUT2D eigenvalue weighted by molar-refractivity contribution is -0.160. The molecule has 0 N–H and O–H groups in total. The van der Waals surface area contributed by atoms with Crippen LogP contribution in [-0.2, 0) is 19.1 Å². The zero-order valence-electron chi connectivity index (χ0n) is 21.1. The Morgan fingerprint density at radius 2 is 1.76 bits per heavy atom. The van der Waals surface area contributed by atoms with Crippen LogP contribution in [0.25, 0.3) is 0 Å². The highest BCUT2D eigenvalue weighted by molar-refractivity contribution is 5.91. The number of fused-ring (bicyclic) bond motifs is 5. The van der Waals surface area contributed by atoms with E-state index in [1.165, 1.54) is 5.57 Å². The topological polar surface area (TPSA) is 60.4 Å². The van der Waals surface area contributed by atoms with Crippen molar-refractivity contribution in [1.82, 2.24) is 0 Å². The second kappa shape index (κ2) is 8.05. The maximum Gasteiger partial charge on any atom is 0.309 e. The summed E-state index contributed by atoms with van der Waals surface area (Å²) in [7, 11) is 0. The summed E-state index contributed by atoms with van der Waals surface area (Å²) in [5.41, 5.74) is 1.06. The minimum Gasteiger partial charge on any atom is -0.457 e. The Labute approximate surface area is 199 Å². The van der Waals surface area contributed by atoms with Crippen molar-refractivity contribution >= 4 is 17.5 Å². The standard InChI is InChI=1S/C29H42O4/c1-18-16-29(4)23(22-10-9-20-15-21(30)11-13-27(20,2)25(18)22)12-14-28(29,3)24(31)17-33-26(32)19-7-5-6-8-19/h15,18-19,22-23,25H,5-14,16-17H2,1-4H3. The lowest BCUT2D eigenvalue weighted by Crippen LogP contribution is -2.56. The number of rotatable bonds is 4. The highest BCUT2D eigenvalue weighted by Crippen LogP contribution is 2.71. The van der Waals surface area contributed by atoms with Gasteiger partial charge in [-0.25, -0.2) is 0 Å². The smallest absolute Gasteiger partial charge is 0.309 e. The first-order valence-corrected chi connectivity index (χ1v) is 13.5. The predicted molar refractivity (Wildman–Crippen MR) is 127 cm³/mol. The van der Waals surface area contributed by atoms with Gasteiger partial charge in [-0.05, 0) is 91.9 Å². The Balaban J connectivity index is 1.36. The van der Waals surface area contributed by atoms with E-state index in [1.807, 2.05) is 6.08 Å². The SMILES string of the molecule is CC1CC2(C)C(CCC2(C)C(=O)COC(=O)C2CCCC2)C2CCC3=CC(=O)CCC3(C)C12. The molecule has 0 aliphatic heterocycles. The molecule has 4 saturated carbocycles. The van der Waals surface area contributed by atoms with Crippen LogP contribution in [0.2, 0.25) is 0 Å². The van der Waals surface area contributed by atoms with Gasteiger partial charge in [-0.3, -0.25) is 14.4 Å². The van der Waals surface area contributed by atoms with Gasteiger partial charge in [0.2, 0.25) is 0 Å². The first kappa shape index (κ1) is 23.3. The first-order valence-electron chi connectivity index (χ1n) is 13.5. The van der Waals surface area contributed by atoms with Crippen LogP contribution in [0.4, 0.5) is 0 Å². The molecule has 5 rings (SSSR count). The Morgan fingerprint density at radius 3 is 2.48 bits per heavy atom. The molecule has 0 aromatic heterocycles. The highest BCUT2D eigenvalue weighted by atomic mass is 16.5. The molecular formula is C29H42O4. The zero-order valence-corrected chi connectivity index (χ0v) is 21.1. The van der Waals surface area contributed by atoms with Crippen molar-refractivity contribution in [3.63, 3.8) is 0 Å². The van der Waals surface area contributed by atoms with Gasteiger partial charge in [0.15, 0.2) is 18.2 Å². The molecule has 0 aromatic rings. The second-order valence-electron chi connectivity index (χ2n) is 12.9. The molecule has 0 spiro atoms. The molecule has 0 aromatic carbocycles. The number of hydrogen-bond donors (Lipinski definition) is 0. The van der Waals surface area contributed by atoms with E-state index in [0.717, 1.165) is 64.2 Å². The predicted octanol–water partition coefficient (Wildman–Crippen LogP) is 6.07. The minimum atomic E-state index is -0.424. The molecule has 7 atom stereocenters. The molecule has 0 saturated heterocycles. The van der Waals surface area contributed by atoms with Crippen molar-refractivity contribution in [2.24, 2.45) is 45.8 Å². The molecule has 182 valence electrons. The van der Waals surface area contributed by atoms with Crippen LogP contribution >= 0.6 is 0 Å². The number of hydrogen-bond acceptors (Lipinski definition) is 4. The van der Waals surface area contributed by atoms with Crippen LogP contribution in [0.5, 0.6) is 0 Å². The molecule has 0 bridgehead atoms. The summed E-state index contributed by atoms with van der Waals surface area (Å²) in [5, 5.41) is 0. The molecular weight excluding hydrogens is 412 g/mol. The van der Waals surface area contributed by atoms with E-state index < -0.39 is 5.41 Å². The lowest BCUT2D eigenvalue weighted by Gasteiger charge is -2.61. The molecule has 0 heterocycles. The van der Waals surface area contributed by atoms with Crippen molar-refractivity contribution in [1.29, 1.82) is 0 Å². The number of allylic oxidation sites excluding steroid dienone is 1. The third-order valence-electron chi connectivity index (χ3n) is 11.5. The van der Waals surface area contributed by atoms with Crippen molar-refractivity contribution in [2.45, 2.75) is 98.3 Å². The number of esters is 1. The monoisotopic (exact) mass is 454 g/mol. The van der Waals surface area contributed by atoms with E-state index in [2.05, 4.69) is 27.7 Å². The van der Waals surface area contributed by atoms with Crippen LogP contribution in [0.15, 0.2) is 11.6 Å². The van der Waals surface area contributed by atoms with Gasteiger partial charge in [-0.1, -0.05) is 46.1 Å². The summed E-state index contributed by atoms with van der Waals surface area (Å²) in [6.07, 6.45) is 12.9. The van der Waals surface area contributed by atoms with Gasteiger partial charge in [0, 0.05) is 11.8 Å². The maximum absolute atomic E-state index is 13.6. The quantitative estimate of drug-likeness (QED) is 0.484.